The van der Waals surface area contributed by atoms with Gasteiger partial charge in [-0.05, 0) is 0 Å². The van der Waals surface area contributed by atoms with Crippen molar-refractivity contribution in [3.05, 3.63) is 34.0 Å². The molecule has 2 aromatic heterocycles. The van der Waals surface area contributed by atoms with Crippen LogP contribution in [0, 0.1) is 21.9 Å². The lowest BCUT2D eigenvalue weighted by molar-refractivity contribution is 0.603. The van der Waals surface area contributed by atoms with E-state index in [2.05, 4.69) is 0 Å². The standard InChI is InChI=1S/C8H2F4S2/c9-3-1-5(11)13-7(3)8-4(10)2-6(12)14-8/h1-2H. The molecule has 0 N–H and O–H groups in total. The van der Waals surface area contributed by atoms with Gasteiger partial charge in [-0.2, -0.15) is 8.78 Å². The van der Waals surface area contributed by atoms with Gasteiger partial charge in [-0.25, -0.2) is 8.78 Å². The van der Waals surface area contributed by atoms with Crippen molar-refractivity contribution < 1.29 is 17.6 Å². The van der Waals surface area contributed by atoms with E-state index in [4.69, 9.17) is 0 Å². The molecule has 2 rings (SSSR count). The fourth-order valence-electron chi connectivity index (χ4n) is 0.991. The predicted molar refractivity (Wildman–Crippen MR) is 47.5 cm³/mol. The Hall–Kier alpha value is -0.880. The van der Waals surface area contributed by atoms with E-state index < -0.39 is 21.9 Å². The summed E-state index contributed by atoms with van der Waals surface area (Å²) in [5.41, 5.74) is 0. The summed E-state index contributed by atoms with van der Waals surface area (Å²) < 4.78 is 51.1. The molecule has 0 atom stereocenters. The molecule has 2 aromatic rings. The lowest BCUT2D eigenvalue weighted by Crippen LogP contribution is -1.74. The van der Waals surface area contributed by atoms with E-state index >= 15 is 0 Å². The van der Waals surface area contributed by atoms with Crippen molar-refractivity contribution in [1.29, 1.82) is 0 Å². The van der Waals surface area contributed by atoms with E-state index in [0.29, 0.717) is 34.8 Å². The summed E-state index contributed by atoms with van der Waals surface area (Å²) in [5, 5.41) is -1.52. The van der Waals surface area contributed by atoms with Gasteiger partial charge in [0.25, 0.3) is 0 Å². The lowest BCUT2D eigenvalue weighted by Gasteiger charge is -1.90. The molecule has 0 fully saturated rings. The van der Waals surface area contributed by atoms with Crippen LogP contribution in [0.25, 0.3) is 9.75 Å². The topological polar surface area (TPSA) is 0 Å². The molecule has 0 aliphatic heterocycles. The highest BCUT2D eigenvalue weighted by Gasteiger charge is 2.18. The predicted octanol–water partition coefficient (Wildman–Crippen LogP) is 4.03. The molecule has 0 amide bonds. The smallest absolute Gasteiger partial charge is 0.180 e. The first-order chi connectivity index (χ1) is 6.58. The van der Waals surface area contributed by atoms with Crippen LogP contribution in [-0.4, -0.2) is 0 Å². The van der Waals surface area contributed by atoms with Gasteiger partial charge in [-0.3, -0.25) is 0 Å². The largest absolute Gasteiger partial charge is 0.205 e. The maximum atomic E-state index is 13.0. The van der Waals surface area contributed by atoms with Crippen LogP contribution >= 0.6 is 22.7 Å². The van der Waals surface area contributed by atoms with Crippen molar-refractivity contribution in [3.8, 4) is 9.75 Å². The summed E-state index contributed by atoms with van der Waals surface area (Å²) in [6.45, 7) is 0. The minimum Gasteiger partial charge on any atom is -0.205 e. The van der Waals surface area contributed by atoms with E-state index in [0.717, 1.165) is 0 Å². The monoisotopic (exact) mass is 238 g/mol. The van der Waals surface area contributed by atoms with Crippen LogP contribution < -0.4 is 0 Å². The second-order valence-corrected chi connectivity index (χ2v) is 4.46. The molecule has 0 nitrogen and oxygen atoms in total. The van der Waals surface area contributed by atoms with Gasteiger partial charge in [-0.15, -0.1) is 22.7 Å². The highest BCUT2D eigenvalue weighted by Crippen LogP contribution is 2.37. The molecule has 0 unspecified atom stereocenters. The van der Waals surface area contributed by atoms with E-state index in [1.54, 1.807) is 0 Å². The van der Waals surface area contributed by atoms with E-state index in [-0.39, 0.29) is 9.75 Å². The number of hydrogen-bond donors (Lipinski definition) is 0. The van der Waals surface area contributed by atoms with Crippen molar-refractivity contribution in [1.82, 2.24) is 0 Å². The normalized spacial score (nSPS) is 10.9. The van der Waals surface area contributed by atoms with Gasteiger partial charge in [0.05, 0.1) is 9.75 Å². The van der Waals surface area contributed by atoms with Crippen LogP contribution in [0.5, 0.6) is 0 Å². The average Bonchev–Trinajstić information content (AvgIpc) is 2.55. The Morgan fingerprint density at radius 1 is 0.714 bits per heavy atom. The second-order valence-electron chi connectivity index (χ2n) is 2.46. The molecule has 0 aliphatic rings. The van der Waals surface area contributed by atoms with Crippen molar-refractivity contribution in [2.24, 2.45) is 0 Å². The zero-order valence-corrected chi connectivity index (χ0v) is 8.12. The first-order valence-electron chi connectivity index (χ1n) is 3.48. The van der Waals surface area contributed by atoms with Crippen molar-refractivity contribution in [2.75, 3.05) is 0 Å². The molecule has 0 spiro atoms. The lowest BCUT2D eigenvalue weighted by atomic mass is 10.3. The van der Waals surface area contributed by atoms with Gasteiger partial charge < -0.3 is 0 Å². The Bertz CT molecular complexity index is 427. The first kappa shape index (κ1) is 9.67. The van der Waals surface area contributed by atoms with Crippen LogP contribution in [0.15, 0.2) is 12.1 Å². The minimum atomic E-state index is -0.867. The van der Waals surface area contributed by atoms with Gasteiger partial charge in [0.1, 0.15) is 11.6 Å². The molecule has 6 heteroatoms. The summed E-state index contributed by atoms with van der Waals surface area (Å²) in [7, 11) is 0. The second kappa shape index (κ2) is 3.36. The Kier molecular flexibility index (Phi) is 2.32. The molecular weight excluding hydrogens is 236 g/mol. The molecule has 0 radical (unpaired) electrons. The summed E-state index contributed by atoms with van der Waals surface area (Å²) >= 11 is 0.914. The Balaban J connectivity index is 2.59. The molecule has 0 saturated heterocycles. The SMILES string of the molecule is Fc1cc(F)c(-c2sc(F)cc2F)s1. The van der Waals surface area contributed by atoms with Crippen molar-refractivity contribution in [2.45, 2.75) is 0 Å². The maximum Gasteiger partial charge on any atom is 0.180 e. The Morgan fingerprint density at radius 3 is 1.29 bits per heavy atom. The summed E-state index contributed by atoms with van der Waals surface area (Å²) in [6, 6.07) is 1.30. The van der Waals surface area contributed by atoms with Gasteiger partial charge in [0.2, 0.25) is 0 Å². The van der Waals surface area contributed by atoms with Crippen LogP contribution in [-0.2, 0) is 0 Å². The van der Waals surface area contributed by atoms with Gasteiger partial charge in [0, 0.05) is 12.1 Å². The molecule has 2 heterocycles. The Morgan fingerprint density at radius 2 is 1.07 bits per heavy atom. The highest BCUT2D eigenvalue weighted by atomic mass is 32.1. The van der Waals surface area contributed by atoms with Crippen LogP contribution in [0.4, 0.5) is 17.6 Å². The van der Waals surface area contributed by atoms with Crippen molar-refractivity contribution >= 4 is 22.7 Å². The molecule has 74 valence electrons. The number of thiophene rings is 2. The third kappa shape index (κ3) is 1.55. The van der Waals surface area contributed by atoms with Gasteiger partial charge in [0.15, 0.2) is 10.3 Å². The average molecular weight is 238 g/mol. The van der Waals surface area contributed by atoms with Crippen LogP contribution in [0.2, 0.25) is 0 Å². The highest BCUT2D eigenvalue weighted by molar-refractivity contribution is 7.20. The molecule has 14 heavy (non-hydrogen) atoms. The molecule has 0 bridgehead atoms. The maximum absolute atomic E-state index is 13.0. The molecule has 0 aliphatic carbocycles. The zero-order chi connectivity index (χ0) is 10.3. The molecular formula is C8H2F4S2. The summed E-state index contributed by atoms with van der Waals surface area (Å²) in [5.74, 6) is -1.73. The zero-order valence-electron chi connectivity index (χ0n) is 6.48. The number of halogens is 4. The van der Waals surface area contributed by atoms with E-state index in [1.165, 1.54) is 0 Å². The van der Waals surface area contributed by atoms with Gasteiger partial charge in [-0.1, -0.05) is 0 Å². The number of hydrogen-bond acceptors (Lipinski definition) is 2. The third-order valence-corrected chi connectivity index (χ3v) is 3.48. The molecule has 0 saturated carbocycles. The van der Waals surface area contributed by atoms with Gasteiger partial charge >= 0.3 is 0 Å². The number of rotatable bonds is 1. The quantitative estimate of drug-likeness (QED) is 0.658. The van der Waals surface area contributed by atoms with E-state index in [1.807, 2.05) is 0 Å². The molecule has 0 aromatic carbocycles. The fraction of sp³-hybridized carbons (Fsp3) is 0. The fourth-order valence-corrected chi connectivity index (χ4v) is 2.65. The third-order valence-electron chi connectivity index (χ3n) is 1.52. The summed E-state index contributed by atoms with van der Waals surface area (Å²) in [4.78, 5) is -0.400. The van der Waals surface area contributed by atoms with E-state index in [9.17, 15) is 17.6 Å². The Labute approximate surface area is 84.4 Å². The minimum absolute atomic E-state index is 0.200. The van der Waals surface area contributed by atoms with Crippen LogP contribution in [0.1, 0.15) is 0 Å². The van der Waals surface area contributed by atoms with Crippen LogP contribution in [0.3, 0.4) is 0 Å². The summed E-state index contributed by atoms with van der Waals surface area (Å²) in [6.07, 6.45) is 0. The first-order valence-corrected chi connectivity index (χ1v) is 5.11. The van der Waals surface area contributed by atoms with Crippen molar-refractivity contribution in [3.63, 3.8) is 0 Å².